The molecule has 0 N–H and O–H groups in total. The van der Waals surface area contributed by atoms with E-state index in [0.717, 1.165) is 11.1 Å². The first-order valence-electron chi connectivity index (χ1n) is 5.22. The Hall–Kier alpha value is -1.31. The molecule has 2 nitrogen and oxygen atoms in total. The lowest BCUT2D eigenvalue weighted by Gasteiger charge is -2.08. The molecule has 1 aromatic carbocycles. The van der Waals surface area contributed by atoms with Gasteiger partial charge in [-0.2, -0.15) is 0 Å². The molecule has 0 radical (unpaired) electrons. The first-order chi connectivity index (χ1) is 7.06. The number of methoxy groups -OCH3 is 1. The Labute approximate surface area is 92.3 Å². The van der Waals surface area contributed by atoms with Crippen LogP contribution in [0, 0.1) is 20.8 Å². The van der Waals surface area contributed by atoms with Crippen LogP contribution in [0.15, 0.2) is 12.1 Å². The lowest BCUT2D eigenvalue weighted by atomic mass is 10.0. The third-order valence-electron chi connectivity index (χ3n) is 2.07. The van der Waals surface area contributed by atoms with Gasteiger partial charge in [0.15, 0.2) is 0 Å². The molecule has 0 aromatic heterocycles. The summed E-state index contributed by atoms with van der Waals surface area (Å²) in [6.07, 6.45) is 0. The maximum atomic E-state index is 11.3. The quantitative estimate of drug-likeness (QED) is 0.661. The van der Waals surface area contributed by atoms with E-state index in [1.165, 1.54) is 12.7 Å². The molecule has 0 bridgehead atoms. The maximum absolute atomic E-state index is 11.3. The van der Waals surface area contributed by atoms with Crippen LogP contribution in [0.4, 0.5) is 0 Å². The molecule has 0 fully saturated rings. The lowest BCUT2D eigenvalue weighted by Crippen LogP contribution is -2.06. The summed E-state index contributed by atoms with van der Waals surface area (Å²) in [6.45, 7) is 9.86. The summed E-state index contributed by atoms with van der Waals surface area (Å²) < 4.78 is 4.70. The van der Waals surface area contributed by atoms with E-state index in [9.17, 15) is 4.79 Å². The molecule has 0 spiro atoms. The van der Waals surface area contributed by atoms with Crippen LogP contribution in [-0.2, 0) is 4.74 Å². The minimum absolute atomic E-state index is 0.255. The van der Waals surface area contributed by atoms with Crippen LogP contribution in [-0.4, -0.2) is 13.1 Å². The normalized spacial score (nSPS) is 8.93. The zero-order chi connectivity index (χ0) is 12.0. The minimum Gasteiger partial charge on any atom is -0.465 e. The second-order valence-electron chi connectivity index (χ2n) is 3.27. The molecule has 84 valence electrons. The summed E-state index contributed by atoms with van der Waals surface area (Å²) in [5.41, 5.74) is 3.81. The molecule has 0 saturated heterocycles. The Bertz CT molecular complexity index is 317. The van der Waals surface area contributed by atoms with E-state index >= 15 is 0 Å². The van der Waals surface area contributed by atoms with E-state index in [1.54, 1.807) is 0 Å². The highest BCUT2D eigenvalue weighted by Gasteiger charge is 2.12. The molecule has 1 aromatic rings. The molecule has 0 saturated carbocycles. The zero-order valence-electron chi connectivity index (χ0n) is 10.5. The number of ether oxygens (including phenoxy) is 1. The van der Waals surface area contributed by atoms with Crippen LogP contribution in [0.1, 0.15) is 40.9 Å². The van der Waals surface area contributed by atoms with Crippen LogP contribution in [0.5, 0.6) is 0 Å². The van der Waals surface area contributed by atoms with Crippen molar-refractivity contribution in [2.24, 2.45) is 0 Å². The highest BCUT2D eigenvalue weighted by molar-refractivity contribution is 5.92. The van der Waals surface area contributed by atoms with E-state index in [0.29, 0.717) is 5.56 Å². The van der Waals surface area contributed by atoms with Crippen molar-refractivity contribution in [1.29, 1.82) is 0 Å². The van der Waals surface area contributed by atoms with Crippen molar-refractivity contribution in [3.63, 3.8) is 0 Å². The highest BCUT2D eigenvalue weighted by atomic mass is 16.5. The average Bonchev–Trinajstić information content (AvgIpc) is 2.19. The number of esters is 1. The standard InChI is InChI=1S/C11H14O2.C2H6/c1-7-5-8(2)10(9(3)6-7)11(12)13-4;1-2/h5-6H,1-4H3;1-2H3. The van der Waals surface area contributed by atoms with Crippen molar-refractivity contribution in [2.75, 3.05) is 7.11 Å². The van der Waals surface area contributed by atoms with Gasteiger partial charge < -0.3 is 4.74 Å². The van der Waals surface area contributed by atoms with Gasteiger partial charge in [-0.25, -0.2) is 4.79 Å². The van der Waals surface area contributed by atoms with E-state index in [4.69, 9.17) is 4.74 Å². The Morgan fingerprint density at radius 1 is 1.07 bits per heavy atom. The fraction of sp³-hybridized carbons (Fsp3) is 0.462. The van der Waals surface area contributed by atoms with Gasteiger partial charge in [0, 0.05) is 0 Å². The number of hydrogen-bond acceptors (Lipinski definition) is 2. The summed E-state index contributed by atoms with van der Waals surface area (Å²) in [7, 11) is 1.40. The van der Waals surface area contributed by atoms with Crippen molar-refractivity contribution in [1.82, 2.24) is 0 Å². The fourth-order valence-corrected chi connectivity index (χ4v) is 1.60. The van der Waals surface area contributed by atoms with Crippen LogP contribution in [0.3, 0.4) is 0 Å². The van der Waals surface area contributed by atoms with E-state index in [2.05, 4.69) is 0 Å². The molecule has 0 unspecified atom stereocenters. The Balaban J connectivity index is 0.000000921. The SMILES string of the molecule is CC.COC(=O)c1c(C)cc(C)cc1C. The van der Waals surface area contributed by atoms with Crippen LogP contribution in [0.25, 0.3) is 0 Å². The number of hydrogen-bond donors (Lipinski definition) is 0. The van der Waals surface area contributed by atoms with Crippen molar-refractivity contribution >= 4 is 5.97 Å². The van der Waals surface area contributed by atoms with E-state index < -0.39 is 0 Å². The smallest absolute Gasteiger partial charge is 0.338 e. The molecule has 15 heavy (non-hydrogen) atoms. The minimum atomic E-state index is -0.255. The summed E-state index contributed by atoms with van der Waals surface area (Å²) in [4.78, 5) is 11.3. The van der Waals surface area contributed by atoms with E-state index in [-0.39, 0.29) is 5.97 Å². The summed E-state index contributed by atoms with van der Waals surface area (Å²) in [6, 6.07) is 3.97. The second-order valence-corrected chi connectivity index (χ2v) is 3.27. The molecular weight excluding hydrogens is 188 g/mol. The van der Waals surface area contributed by atoms with Crippen LogP contribution >= 0.6 is 0 Å². The summed E-state index contributed by atoms with van der Waals surface area (Å²) in [5.74, 6) is -0.255. The third kappa shape index (κ3) is 3.39. The van der Waals surface area contributed by atoms with Gasteiger partial charge in [0.1, 0.15) is 0 Å². The Kier molecular flexibility index (Phi) is 5.68. The van der Waals surface area contributed by atoms with Crippen LogP contribution in [0.2, 0.25) is 0 Å². The van der Waals surface area contributed by atoms with Crippen molar-refractivity contribution in [2.45, 2.75) is 34.6 Å². The van der Waals surface area contributed by atoms with Gasteiger partial charge in [0.2, 0.25) is 0 Å². The predicted octanol–water partition coefficient (Wildman–Crippen LogP) is 3.42. The molecule has 0 amide bonds. The van der Waals surface area contributed by atoms with Crippen LogP contribution < -0.4 is 0 Å². The monoisotopic (exact) mass is 208 g/mol. The highest BCUT2D eigenvalue weighted by Crippen LogP contribution is 2.16. The molecule has 2 heteroatoms. The summed E-state index contributed by atoms with van der Waals surface area (Å²) in [5, 5.41) is 0. The fourth-order valence-electron chi connectivity index (χ4n) is 1.60. The summed E-state index contributed by atoms with van der Waals surface area (Å²) >= 11 is 0. The van der Waals surface area contributed by atoms with Gasteiger partial charge in [-0.1, -0.05) is 31.5 Å². The lowest BCUT2D eigenvalue weighted by molar-refractivity contribution is 0.0599. The van der Waals surface area contributed by atoms with Gasteiger partial charge in [0.05, 0.1) is 12.7 Å². The van der Waals surface area contributed by atoms with Crippen molar-refractivity contribution in [3.05, 3.63) is 34.4 Å². The topological polar surface area (TPSA) is 26.3 Å². The number of carbonyl (C=O) groups is 1. The Morgan fingerprint density at radius 2 is 1.47 bits per heavy atom. The molecule has 0 aliphatic rings. The molecule has 0 aliphatic heterocycles. The third-order valence-corrected chi connectivity index (χ3v) is 2.07. The predicted molar refractivity (Wildman–Crippen MR) is 63.3 cm³/mol. The number of rotatable bonds is 1. The average molecular weight is 208 g/mol. The largest absolute Gasteiger partial charge is 0.465 e. The van der Waals surface area contributed by atoms with Gasteiger partial charge in [0.25, 0.3) is 0 Å². The first-order valence-corrected chi connectivity index (χ1v) is 5.22. The van der Waals surface area contributed by atoms with Gasteiger partial charge in [-0.05, 0) is 31.9 Å². The maximum Gasteiger partial charge on any atom is 0.338 e. The zero-order valence-corrected chi connectivity index (χ0v) is 10.5. The van der Waals surface area contributed by atoms with Gasteiger partial charge in [-0.15, -0.1) is 0 Å². The molecule has 0 atom stereocenters. The number of carbonyl (C=O) groups excluding carboxylic acids is 1. The first kappa shape index (κ1) is 13.7. The number of aryl methyl sites for hydroxylation is 3. The van der Waals surface area contributed by atoms with Gasteiger partial charge in [-0.3, -0.25) is 0 Å². The molecular formula is C13H20O2. The second kappa shape index (κ2) is 6.23. The van der Waals surface area contributed by atoms with Crippen molar-refractivity contribution < 1.29 is 9.53 Å². The Morgan fingerprint density at radius 3 is 1.80 bits per heavy atom. The molecule has 0 heterocycles. The van der Waals surface area contributed by atoms with E-state index in [1.807, 2.05) is 46.8 Å². The molecule has 0 aliphatic carbocycles. The van der Waals surface area contributed by atoms with Crippen molar-refractivity contribution in [3.8, 4) is 0 Å². The van der Waals surface area contributed by atoms with Gasteiger partial charge >= 0.3 is 5.97 Å². The number of benzene rings is 1. The molecule has 1 rings (SSSR count).